The summed E-state index contributed by atoms with van der Waals surface area (Å²) >= 11 is 0. The van der Waals surface area contributed by atoms with Crippen LogP contribution in [-0.4, -0.2) is 6.15 Å². The Hall–Kier alpha value is -2.28. The van der Waals surface area contributed by atoms with Crippen LogP contribution < -0.4 is 16.4 Å². The molecule has 116 valence electrons. The Kier molecular flexibility index (Phi) is 4.97. The van der Waals surface area contributed by atoms with Gasteiger partial charge in [0.05, 0.1) is 6.15 Å². The lowest BCUT2D eigenvalue weighted by Gasteiger charge is -2.43. The molecule has 23 heavy (non-hydrogen) atoms. The number of rotatable bonds is 6. The summed E-state index contributed by atoms with van der Waals surface area (Å²) in [5.41, 5.74) is 4.33. The van der Waals surface area contributed by atoms with E-state index in [1.54, 1.807) is 0 Å². The van der Waals surface area contributed by atoms with E-state index in [0.29, 0.717) is 0 Å². The van der Waals surface area contributed by atoms with Crippen LogP contribution in [0.15, 0.2) is 91.0 Å². The number of hydrogen-bond acceptors (Lipinski definition) is 0. The van der Waals surface area contributed by atoms with Crippen molar-refractivity contribution in [1.29, 1.82) is 0 Å². The Morgan fingerprint density at radius 3 is 1.26 bits per heavy atom. The standard InChI is InChI=1S/C22H24B/c1-2-3-19-23(20-13-7-4-8-14-20,21-15-9-5-10-16-21)22-17-11-6-12-18-22/h4-18H,2-3,19H2,1H3/q-1/p+1. The average Bonchev–Trinajstić information content (AvgIpc) is 2.65. The maximum absolute atomic E-state index is 2.30. The molecular weight excluding hydrogens is 275 g/mol. The van der Waals surface area contributed by atoms with Crippen LogP contribution in [0.5, 0.6) is 0 Å². The van der Waals surface area contributed by atoms with E-state index >= 15 is 0 Å². The van der Waals surface area contributed by atoms with Crippen LogP contribution in [0, 0.1) is 0 Å². The largest absolute Gasteiger partial charge is 1.00 e. The second-order valence-electron chi connectivity index (χ2n) is 6.42. The molecule has 3 aromatic carbocycles. The third-order valence-electron chi connectivity index (χ3n) is 5.10. The van der Waals surface area contributed by atoms with E-state index in [-0.39, 0.29) is 1.43 Å². The van der Waals surface area contributed by atoms with Gasteiger partial charge in [-0.15, -0.1) is 0 Å². The predicted molar refractivity (Wildman–Crippen MR) is 105 cm³/mol. The summed E-state index contributed by atoms with van der Waals surface area (Å²) in [5.74, 6) is 0. The van der Waals surface area contributed by atoms with Crippen LogP contribution in [-0.2, 0) is 0 Å². The van der Waals surface area contributed by atoms with Gasteiger partial charge in [-0.1, -0.05) is 111 Å². The van der Waals surface area contributed by atoms with E-state index < -0.39 is 6.15 Å². The Labute approximate surface area is 141 Å². The second-order valence-corrected chi connectivity index (χ2v) is 6.42. The van der Waals surface area contributed by atoms with Crippen molar-refractivity contribution < 1.29 is 1.43 Å². The van der Waals surface area contributed by atoms with E-state index in [4.69, 9.17) is 0 Å². The summed E-state index contributed by atoms with van der Waals surface area (Å²) in [5, 5.41) is 0. The predicted octanol–water partition coefficient (Wildman–Crippen LogP) is 4.07. The van der Waals surface area contributed by atoms with Gasteiger partial charge in [-0.3, -0.25) is 0 Å². The molecule has 0 aliphatic heterocycles. The normalized spacial score (nSPS) is 11.3. The van der Waals surface area contributed by atoms with Crippen LogP contribution >= 0.6 is 0 Å². The SMILES string of the molecule is CCCC[B-](c1ccccc1)(c1ccccc1)c1ccccc1.[H+]. The van der Waals surface area contributed by atoms with Crippen LogP contribution in [0.2, 0.25) is 6.32 Å². The molecule has 0 aliphatic rings. The van der Waals surface area contributed by atoms with Gasteiger partial charge >= 0.3 is 1.43 Å². The summed E-state index contributed by atoms with van der Waals surface area (Å²) in [6.45, 7) is 2.28. The van der Waals surface area contributed by atoms with Crippen molar-refractivity contribution in [3.63, 3.8) is 0 Å². The van der Waals surface area contributed by atoms with E-state index in [2.05, 4.69) is 97.9 Å². The number of hydrogen-bond donors (Lipinski definition) is 0. The summed E-state index contributed by atoms with van der Waals surface area (Å²) in [6, 6.07) is 33.2. The van der Waals surface area contributed by atoms with Crippen molar-refractivity contribution in [2.75, 3.05) is 0 Å². The van der Waals surface area contributed by atoms with Crippen molar-refractivity contribution >= 4 is 22.5 Å². The van der Waals surface area contributed by atoms with E-state index in [9.17, 15) is 0 Å². The monoisotopic (exact) mass is 300 g/mol. The van der Waals surface area contributed by atoms with Crippen molar-refractivity contribution in [2.45, 2.75) is 26.1 Å². The molecule has 0 nitrogen and oxygen atoms in total. The van der Waals surface area contributed by atoms with E-state index in [1.807, 2.05) is 0 Å². The Balaban J connectivity index is 0.00000208. The van der Waals surface area contributed by atoms with Crippen molar-refractivity contribution in [2.24, 2.45) is 0 Å². The third-order valence-corrected chi connectivity index (χ3v) is 5.10. The van der Waals surface area contributed by atoms with E-state index in [0.717, 1.165) is 0 Å². The maximum Gasteiger partial charge on any atom is 1.00 e. The minimum absolute atomic E-state index is 0. The summed E-state index contributed by atoms with van der Waals surface area (Å²) < 4.78 is 0. The fraction of sp³-hybridized carbons (Fsp3) is 0.182. The molecule has 0 saturated heterocycles. The highest BCUT2D eigenvalue weighted by molar-refractivity contribution is 7.11. The van der Waals surface area contributed by atoms with Gasteiger partial charge in [0.25, 0.3) is 0 Å². The number of benzene rings is 3. The smallest absolute Gasteiger partial charge is 0.200 e. The first kappa shape index (κ1) is 15.6. The summed E-state index contributed by atoms with van der Waals surface area (Å²) in [7, 11) is 0. The molecule has 0 unspecified atom stereocenters. The molecule has 0 saturated carbocycles. The van der Waals surface area contributed by atoms with Crippen molar-refractivity contribution in [3.8, 4) is 0 Å². The lowest BCUT2D eigenvalue weighted by atomic mass is 9.14. The van der Waals surface area contributed by atoms with Gasteiger partial charge in [0.2, 0.25) is 0 Å². The second kappa shape index (κ2) is 7.33. The van der Waals surface area contributed by atoms with Gasteiger partial charge in [0.1, 0.15) is 0 Å². The summed E-state index contributed by atoms with van der Waals surface area (Å²) in [4.78, 5) is 0. The zero-order valence-corrected chi connectivity index (χ0v) is 13.9. The zero-order chi connectivity index (χ0) is 16.0. The Bertz CT molecular complexity index is 614. The maximum atomic E-state index is 2.30. The van der Waals surface area contributed by atoms with Crippen LogP contribution in [0.1, 0.15) is 21.2 Å². The molecule has 0 atom stereocenters. The molecule has 1 heteroatoms. The van der Waals surface area contributed by atoms with Crippen molar-refractivity contribution in [3.05, 3.63) is 91.0 Å². The fourth-order valence-corrected chi connectivity index (χ4v) is 3.93. The average molecular weight is 300 g/mol. The molecule has 0 fully saturated rings. The minimum Gasteiger partial charge on any atom is -0.200 e. The topological polar surface area (TPSA) is 0 Å². The van der Waals surface area contributed by atoms with Gasteiger partial charge in [-0.25, -0.2) is 0 Å². The van der Waals surface area contributed by atoms with E-state index in [1.165, 1.54) is 35.6 Å². The first-order valence-corrected chi connectivity index (χ1v) is 8.71. The number of unbranched alkanes of at least 4 members (excludes halogenated alkanes) is 1. The molecule has 0 amide bonds. The molecule has 0 bridgehead atoms. The molecule has 0 heterocycles. The van der Waals surface area contributed by atoms with Gasteiger partial charge in [0.15, 0.2) is 0 Å². The van der Waals surface area contributed by atoms with Gasteiger partial charge in [-0.05, 0) is 0 Å². The molecule has 3 aromatic rings. The fourth-order valence-electron chi connectivity index (χ4n) is 3.93. The molecular formula is C22H25B. The molecule has 3 rings (SSSR count). The summed E-state index contributed by atoms with van der Waals surface area (Å²) in [6.07, 6.45) is 2.73. The molecule has 0 spiro atoms. The highest BCUT2D eigenvalue weighted by Gasteiger charge is 2.28. The van der Waals surface area contributed by atoms with Gasteiger partial charge in [0, 0.05) is 0 Å². The van der Waals surface area contributed by atoms with Gasteiger partial charge < -0.3 is 0 Å². The highest BCUT2D eigenvalue weighted by Crippen LogP contribution is 2.16. The molecule has 0 N–H and O–H groups in total. The van der Waals surface area contributed by atoms with Crippen molar-refractivity contribution in [1.82, 2.24) is 0 Å². The minimum atomic E-state index is -0.913. The third kappa shape index (κ3) is 3.10. The Morgan fingerprint density at radius 2 is 0.957 bits per heavy atom. The van der Waals surface area contributed by atoms with Crippen LogP contribution in [0.3, 0.4) is 0 Å². The quantitative estimate of drug-likeness (QED) is 0.602. The van der Waals surface area contributed by atoms with Crippen LogP contribution in [0.4, 0.5) is 0 Å². The Morgan fingerprint density at radius 1 is 0.609 bits per heavy atom. The highest BCUT2D eigenvalue weighted by atomic mass is 14.1. The first-order chi connectivity index (χ1) is 11.4. The zero-order valence-electron chi connectivity index (χ0n) is 14.9. The van der Waals surface area contributed by atoms with Crippen LogP contribution in [0.25, 0.3) is 0 Å². The lowest BCUT2D eigenvalue weighted by molar-refractivity contribution is 0.874. The lowest BCUT2D eigenvalue weighted by Crippen LogP contribution is -2.66. The molecule has 0 aliphatic carbocycles. The molecule has 0 radical (unpaired) electrons. The first-order valence-electron chi connectivity index (χ1n) is 8.71. The molecule has 0 aromatic heterocycles. The van der Waals surface area contributed by atoms with Gasteiger partial charge in [-0.2, -0.15) is 22.7 Å².